The lowest BCUT2D eigenvalue weighted by Gasteiger charge is -2.36. The van der Waals surface area contributed by atoms with E-state index in [-0.39, 0.29) is 17.0 Å². The molecule has 0 radical (unpaired) electrons. The molecule has 1 fully saturated rings. The number of anilines is 1. The summed E-state index contributed by atoms with van der Waals surface area (Å²) in [5.74, 6) is -1.20. The highest BCUT2D eigenvalue weighted by molar-refractivity contribution is 6.45. The molecule has 2 aliphatic rings. The number of nitrogens with zero attached hydrogens (tertiary/aromatic N) is 3. The van der Waals surface area contributed by atoms with E-state index >= 15 is 0 Å². The molecule has 0 aliphatic carbocycles. The molecule has 0 bridgehead atoms. The maximum absolute atomic E-state index is 13.4. The van der Waals surface area contributed by atoms with Crippen molar-refractivity contribution in [1.29, 1.82) is 0 Å². The number of imide groups is 1. The van der Waals surface area contributed by atoms with Crippen LogP contribution in [0.2, 0.25) is 0 Å². The van der Waals surface area contributed by atoms with E-state index in [9.17, 15) is 22.8 Å². The van der Waals surface area contributed by atoms with Gasteiger partial charge in [0.05, 0.1) is 16.8 Å². The number of alkyl halides is 3. The van der Waals surface area contributed by atoms with Crippen LogP contribution in [0.4, 0.5) is 18.9 Å². The highest BCUT2D eigenvalue weighted by Gasteiger charge is 2.43. The Kier molecular flexibility index (Phi) is 5.58. The van der Waals surface area contributed by atoms with Crippen molar-refractivity contribution in [3.63, 3.8) is 0 Å². The van der Waals surface area contributed by atoms with Crippen LogP contribution < -0.4 is 4.90 Å². The van der Waals surface area contributed by atoms with Crippen molar-refractivity contribution in [2.24, 2.45) is 0 Å². The Morgan fingerprint density at radius 3 is 2.16 bits per heavy atom. The van der Waals surface area contributed by atoms with E-state index in [1.165, 1.54) is 12.1 Å². The second-order valence-electron chi connectivity index (χ2n) is 7.50. The summed E-state index contributed by atoms with van der Waals surface area (Å²) in [5.41, 5.74) is 0.0675. The number of carbonyl (C=O) groups excluding carboxylic acids is 2. The van der Waals surface area contributed by atoms with Gasteiger partial charge in [0.15, 0.2) is 0 Å². The minimum absolute atomic E-state index is 0.0829. The van der Waals surface area contributed by atoms with Gasteiger partial charge in [0.25, 0.3) is 11.8 Å². The molecule has 5 nitrogen and oxygen atoms in total. The van der Waals surface area contributed by atoms with E-state index in [4.69, 9.17) is 0 Å². The number of rotatable bonds is 4. The molecule has 0 aromatic heterocycles. The first kappa shape index (κ1) is 21.1. The topological polar surface area (TPSA) is 43.9 Å². The fourth-order valence-electron chi connectivity index (χ4n) is 4.02. The second kappa shape index (κ2) is 8.19. The van der Waals surface area contributed by atoms with Crippen LogP contribution in [0.1, 0.15) is 18.1 Å². The van der Waals surface area contributed by atoms with Crippen molar-refractivity contribution in [3.05, 3.63) is 71.4 Å². The number of benzene rings is 2. The summed E-state index contributed by atoms with van der Waals surface area (Å²) < 4.78 is 39.7. The van der Waals surface area contributed by atoms with E-state index in [0.29, 0.717) is 18.7 Å². The summed E-state index contributed by atoms with van der Waals surface area (Å²) in [5, 5.41) is 0. The number of piperazine rings is 1. The first-order valence-corrected chi connectivity index (χ1v) is 10.1. The number of hydrogen-bond acceptors (Lipinski definition) is 4. The van der Waals surface area contributed by atoms with Crippen LogP contribution in [-0.4, -0.2) is 54.3 Å². The lowest BCUT2D eigenvalue weighted by atomic mass is 10.0. The molecule has 162 valence electrons. The van der Waals surface area contributed by atoms with Gasteiger partial charge in [0.1, 0.15) is 5.70 Å². The lowest BCUT2D eigenvalue weighted by molar-refractivity contribution is -0.137. The normalized spacial score (nSPS) is 18.3. The van der Waals surface area contributed by atoms with Crippen LogP contribution in [0, 0.1) is 0 Å². The Morgan fingerprint density at radius 1 is 0.871 bits per heavy atom. The molecule has 2 aromatic carbocycles. The minimum atomic E-state index is -4.57. The number of hydrogen-bond donors (Lipinski definition) is 0. The molecular weight excluding hydrogens is 407 g/mol. The average Bonchev–Trinajstić information content (AvgIpc) is 3.04. The van der Waals surface area contributed by atoms with Crippen molar-refractivity contribution >= 4 is 23.1 Å². The van der Waals surface area contributed by atoms with E-state index in [0.717, 1.165) is 36.7 Å². The molecule has 2 aromatic rings. The average molecular weight is 429 g/mol. The van der Waals surface area contributed by atoms with Gasteiger partial charge in [-0.3, -0.25) is 9.59 Å². The molecule has 0 spiro atoms. The maximum atomic E-state index is 13.4. The smallest absolute Gasteiger partial charge is 0.364 e. The van der Waals surface area contributed by atoms with Crippen molar-refractivity contribution in [1.82, 2.24) is 9.80 Å². The molecule has 2 amide bonds. The van der Waals surface area contributed by atoms with E-state index < -0.39 is 23.6 Å². The zero-order valence-electron chi connectivity index (χ0n) is 17.0. The maximum Gasteiger partial charge on any atom is 0.416 e. The Morgan fingerprint density at radius 2 is 1.55 bits per heavy atom. The Balaban J connectivity index is 1.77. The van der Waals surface area contributed by atoms with Gasteiger partial charge in [0, 0.05) is 26.2 Å². The third-order valence-corrected chi connectivity index (χ3v) is 5.69. The number of likely N-dealkylation sites (N-methyl/N-ethyl adjacent to an activating group) is 1. The highest BCUT2D eigenvalue weighted by atomic mass is 19.4. The second-order valence-corrected chi connectivity index (χ2v) is 7.50. The molecule has 1 saturated heterocycles. The van der Waals surface area contributed by atoms with E-state index in [1.807, 2.05) is 4.90 Å². The SMILES string of the molecule is CCN1CCN(C2=C(c3ccccc3)C(=O)N(c3cccc(C(F)(F)F)c3)C2=O)CC1. The molecule has 0 atom stereocenters. The van der Waals surface area contributed by atoms with Crippen LogP contribution in [0.25, 0.3) is 5.57 Å². The van der Waals surface area contributed by atoms with E-state index in [1.54, 1.807) is 30.3 Å². The summed E-state index contributed by atoms with van der Waals surface area (Å²) in [7, 11) is 0. The number of carbonyl (C=O) groups is 2. The zero-order valence-corrected chi connectivity index (χ0v) is 17.0. The summed E-state index contributed by atoms with van der Waals surface area (Å²) >= 11 is 0. The van der Waals surface area contributed by atoms with Crippen molar-refractivity contribution in [2.45, 2.75) is 13.1 Å². The van der Waals surface area contributed by atoms with Crippen LogP contribution >= 0.6 is 0 Å². The van der Waals surface area contributed by atoms with Crippen LogP contribution in [0.5, 0.6) is 0 Å². The van der Waals surface area contributed by atoms with Gasteiger partial charge in [-0.25, -0.2) is 4.90 Å². The Hall–Kier alpha value is -3.13. The fourth-order valence-corrected chi connectivity index (χ4v) is 4.02. The molecule has 2 heterocycles. The fraction of sp³-hybridized carbons (Fsp3) is 0.304. The van der Waals surface area contributed by atoms with Gasteiger partial charge in [0.2, 0.25) is 0 Å². The predicted molar refractivity (Wildman–Crippen MR) is 111 cm³/mol. The van der Waals surface area contributed by atoms with Crippen LogP contribution in [-0.2, 0) is 15.8 Å². The van der Waals surface area contributed by atoms with Crippen LogP contribution in [0.15, 0.2) is 60.3 Å². The minimum Gasteiger partial charge on any atom is -0.364 e. The molecular formula is C23H22F3N3O2. The lowest BCUT2D eigenvalue weighted by Crippen LogP contribution is -2.47. The van der Waals surface area contributed by atoms with Crippen LogP contribution in [0.3, 0.4) is 0 Å². The van der Waals surface area contributed by atoms with Crippen molar-refractivity contribution in [3.8, 4) is 0 Å². The van der Waals surface area contributed by atoms with Gasteiger partial charge in [-0.2, -0.15) is 13.2 Å². The summed E-state index contributed by atoms with van der Waals surface area (Å²) in [6, 6.07) is 13.1. The van der Waals surface area contributed by atoms with E-state index in [2.05, 4.69) is 11.8 Å². The standard InChI is InChI=1S/C23H22F3N3O2/c1-2-27-11-13-28(14-12-27)20-19(16-7-4-3-5-8-16)21(30)29(22(20)31)18-10-6-9-17(15-18)23(24,25)26/h3-10,15H,2,11-14H2,1H3. The molecule has 0 N–H and O–H groups in total. The number of halogens is 3. The van der Waals surface area contributed by atoms with Gasteiger partial charge >= 0.3 is 6.18 Å². The Labute approximate surface area is 178 Å². The monoisotopic (exact) mass is 429 g/mol. The summed E-state index contributed by atoms with van der Waals surface area (Å²) in [6.07, 6.45) is -4.57. The third kappa shape index (κ3) is 3.95. The van der Waals surface area contributed by atoms with Gasteiger partial charge < -0.3 is 9.80 Å². The molecule has 0 saturated carbocycles. The quantitative estimate of drug-likeness (QED) is 0.697. The first-order chi connectivity index (χ1) is 14.8. The van der Waals surface area contributed by atoms with Gasteiger partial charge in [-0.15, -0.1) is 0 Å². The first-order valence-electron chi connectivity index (χ1n) is 10.1. The summed E-state index contributed by atoms with van der Waals surface area (Å²) in [4.78, 5) is 31.8. The van der Waals surface area contributed by atoms with Gasteiger partial charge in [-0.1, -0.05) is 43.3 Å². The third-order valence-electron chi connectivity index (χ3n) is 5.69. The molecule has 8 heteroatoms. The molecule has 0 unspecified atom stereocenters. The van der Waals surface area contributed by atoms with Crippen molar-refractivity contribution in [2.75, 3.05) is 37.6 Å². The van der Waals surface area contributed by atoms with Gasteiger partial charge in [-0.05, 0) is 30.3 Å². The largest absolute Gasteiger partial charge is 0.416 e. The zero-order chi connectivity index (χ0) is 22.2. The molecule has 4 rings (SSSR count). The Bertz CT molecular complexity index is 1030. The molecule has 31 heavy (non-hydrogen) atoms. The van der Waals surface area contributed by atoms with Crippen molar-refractivity contribution < 1.29 is 22.8 Å². The predicted octanol–water partition coefficient (Wildman–Crippen LogP) is 3.63. The summed E-state index contributed by atoms with van der Waals surface area (Å²) in [6.45, 7) is 5.57. The number of amides is 2. The highest BCUT2D eigenvalue weighted by Crippen LogP contribution is 2.37. The molecule has 2 aliphatic heterocycles.